The smallest absolute Gasteiger partial charge is 0.185 e. The summed E-state index contributed by atoms with van der Waals surface area (Å²) in [5.74, 6) is 2.33. The Morgan fingerprint density at radius 2 is 2.44 bits per heavy atom. The SMILES string of the molecule is CC(=O)SCCC=C=O. The van der Waals surface area contributed by atoms with Crippen LogP contribution in [0.2, 0.25) is 0 Å². The molecule has 0 aliphatic carbocycles. The molecular weight excluding hydrogens is 136 g/mol. The molecule has 2 nitrogen and oxygen atoms in total. The number of hydrogen-bond acceptors (Lipinski definition) is 3. The van der Waals surface area contributed by atoms with E-state index in [1.165, 1.54) is 24.8 Å². The molecule has 50 valence electrons. The third-order valence-corrected chi connectivity index (χ3v) is 1.50. The second kappa shape index (κ2) is 5.60. The van der Waals surface area contributed by atoms with Gasteiger partial charge in [-0.3, -0.25) is 4.79 Å². The van der Waals surface area contributed by atoms with Crippen molar-refractivity contribution in [3.63, 3.8) is 0 Å². The summed E-state index contributed by atoms with van der Waals surface area (Å²) in [5, 5.41) is 0.0919. The first-order valence-corrected chi connectivity index (χ1v) is 3.58. The van der Waals surface area contributed by atoms with E-state index in [4.69, 9.17) is 0 Å². The molecule has 0 rings (SSSR count). The van der Waals surface area contributed by atoms with Gasteiger partial charge in [0.1, 0.15) is 5.94 Å². The second-order valence-corrected chi connectivity index (χ2v) is 2.72. The van der Waals surface area contributed by atoms with E-state index in [9.17, 15) is 9.59 Å². The molecule has 0 saturated carbocycles. The van der Waals surface area contributed by atoms with Crippen molar-refractivity contribution >= 4 is 22.8 Å². The van der Waals surface area contributed by atoms with Gasteiger partial charge in [-0.2, -0.15) is 0 Å². The molecular formula is C6H8O2S. The molecule has 0 aromatic rings. The highest BCUT2D eigenvalue weighted by Gasteiger charge is 1.89. The van der Waals surface area contributed by atoms with Crippen LogP contribution in [0.4, 0.5) is 0 Å². The summed E-state index contributed by atoms with van der Waals surface area (Å²) in [6.07, 6.45) is 2.02. The maximum absolute atomic E-state index is 10.3. The molecule has 0 spiro atoms. The number of carbonyl (C=O) groups is 1. The van der Waals surface area contributed by atoms with Crippen LogP contribution in [-0.4, -0.2) is 16.8 Å². The van der Waals surface area contributed by atoms with Gasteiger partial charge < -0.3 is 0 Å². The fourth-order valence-corrected chi connectivity index (χ4v) is 0.844. The summed E-state index contributed by atoms with van der Waals surface area (Å²) in [7, 11) is 0. The van der Waals surface area contributed by atoms with E-state index < -0.39 is 0 Å². The first kappa shape index (κ1) is 8.47. The lowest BCUT2D eigenvalue weighted by atomic mass is 10.5. The number of allylic oxidation sites excluding steroid dienone is 1. The largest absolute Gasteiger partial charge is 0.288 e. The number of rotatable bonds is 3. The third-order valence-electron chi connectivity index (χ3n) is 0.651. The first-order chi connectivity index (χ1) is 4.27. The van der Waals surface area contributed by atoms with Gasteiger partial charge in [-0.25, -0.2) is 4.79 Å². The molecule has 0 heterocycles. The summed E-state index contributed by atoms with van der Waals surface area (Å²) in [4.78, 5) is 19.8. The second-order valence-electron chi connectivity index (χ2n) is 1.45. The average Bonchev–Trinajstić information content (AvgIpc) is 1.80. The molecule has 0 aromatic heterocycles. The van der Waals surface area contributed by atoms with E-state index in [1.807, 2.05) is 0 Å². The minimum atomic E-state index is 0.0919. The Balaban J connectivity index is 3.10. The van der Waals surface area contributed by atoms with Crippen molar-refractivity contribution in [2.75, 3.05) is 5.75 Å². The fourth-order valence-electron chi connectivity index (χ4n) is 0.321. The fraction of sp³-hybridized carbons (Fsp3) is 0.500. The van der Waals surface area contributed by atoms with Crippen molar-refractivity contribution in [1.82, 2.24) is 0 Å². The Morgan fingerprint density at radius 1 is 1.78 bits per heavy atom. The minimum absolute atomic E-state index is 0.0919. The maximum Gasteiger partial charge on any atom is 0.185 e. The van der Waals surface area contributed by atoms with Crippen molar-refractivity contribution in [3.05, 3.63) is 6.08 Å². The molecule has 3 heteroatoms. The Hall–Kier alpha value is -0.530. The molecule has 0 atom stereocenters. The van der Waals surface area contributed by atoms with Crippen molar-refractivity contribution < 1.29 is 9.59 Å². The molecule has 0 aliphatic rings. The van der Waals surface area contributed by atoms with E-state index in [0.717, 1.165) is 0 Å². The van der Waals surface area contributed by atoms with Crippen LogP contribution in [-0.2, 0) is 9.59 Å². The lowest BCUT2D eigenvalue weighted by Gasteiger charge is -1.87. The highest BCUT2D eigenvalue weighted by Crippen LogP contribution is 2.02. The summed E-state index contributed by atoms with van der Waals surface area (Å²) in [5.41, 5.74) is 0. The van der Waals surface area contributed by atoms with Gasteiger partial charge in [0.05, 0.1) is 0 Å². The Kier molecular flexibility index (Phi) is 5.27. The molecule has 0 bridgehead atoms. The minimum Gasteiger partial charge on any atom is -0.288 e. The number of thioether (sulfide) groups is 1. The number of hydrogen-bond donors (Lipinski definition) is 0. The Labute approximate surface area is 58.3 Å². The Morgan fingerprint density at radius 3 is 2.89 bits per heavy atom. The molecule has 0 saturated heterocycles. The predicted octanol–water partition coefficient (Wildman–Crippen LogP) is 1.04. The van der Waals surface area contributed by atoms with Gasteiger partial charge in [0, 0.05) is 18.8 Å². The van der Waals surface area contributed by atoms with E-state index in [2.05, 4.69) is 0 Å². The van der Waals surface area contributed by atoms with Gasteiger partial charge in [0.2, 0.25) is 0 Å². The van der Waals surface area contributed by atoms with E-state index in [-0.39, 0.29) is 5.12 Å². The van der Waals surface area contributed by atoms with Crippen LogP contribution in [0.25, 0.3) is 0 Å². The summed E-state index contributed by atoms with van der Waals surface area (Å²) in [6.45, 7) is 1.51. The summed E-state index contributed by atoms with van der Waals surface area (Å²) in [6, 6.07) is 0. The van der Waals surface area contributed by atoms with E-state index >= 15 is 0 Å². The third kappa shape index (κ3) is 7.47. The van der Waals surface area contributed by atoms with Gasteiger partial charge in [-0.05, 0) is 6.42 Å². The van der Waals surface area contributed by atoms with Gasteiger partial charge in [0.25, 0.3) is 0 Å². The van der Waals surface area contributed by atoms with Gasteiger partial charge in [-0.15, -0.1) is 0 Å². The van der Waals surface area contributed by atoms with Crippen LogP contribution in [0.5, 0.6) is 0 Å². The monoisotopic (exact) mass is 144 g/mol. The molecule has 0 fully saturated rings. The van der Waals surface area contributed by atoms with Crippen LogP contribution in [0.1, 0.15) is 13.3 Å². The van der Waals surface area contributed by atoms with Crippen LogP contribution >= 0.6 is 11.8 Å². The van der Waals surface area contributed by atoms with Crippen molar-refractivity contribution in [3.8, 4) is 0 Å². The molecule has 0 aliphatic heterocycles. The van der Waals surface area contributed by atoms with Gasteiger partial charge in [-0.1, -0.05) is 11.8 Å². The zero-order valence-electron chi connectivity index (χ0n) is 5.22. The van der Waals surface area contributed by atoms with Crippen molar-refractivity contribution in [1.29, 1.82) is 0 Å². The molecule has 0 aromatic carbocycles. The van der Waals surface area contributed by atoms with Crippen LogP contribution in [0.15, 0.2) is 6.08 Å². The first-order valence-electron chi connectivity index (χ1n) is 2.60. The van der Waals surface area contributed by atoms with E-state index in [1.54, 1.807) is 5.94 Å². The standard InChI is InChI=1S/C6H8O2S/c1-6(8)9-5-3-2-4-7/h2H,3,5H2,1H3. The van der Waals surface area contributed by atoms with Gasteiger partial charge in [0.15, 0.2) is 5.12 Å². The van der Waals surface area contributed by atoms with Crippen LogP contribution in [0.3, 0.4) is 0 Å². The molecule has 0 N–H and O–H groups in total. The summed E-state index contributed by atoms with van der Waals surface area (Å²) >= 11 is 1.22. The Bertz CT molecular complexity index is 134. The lowest BCUT2D eigenvalue weighted by Crippen LogP contribution is -1.83. The van der Waals surface area contributed by atoms with E-state index in [0.29, 0.717) is 12.2 Å². The zero-order valence-corrected chi connectivity index (χ0v) is 6.03. The van der Waals surface area contributed by atoms with Crippen LogP contribution in [0, 0.1) is 0 Å². The van der Waals surface area contributed by atoms with Crippen molar-refractivity contribution in [2.24, 2.45) is 0 Å². The maximum atomic E-state index is 10.3. The molecule has 0 amide bonds. The highest BCUT2D eigenvalue weighted by atomic mass is 32.2. The number of carbonyl (C=O) groups excluding carboxylic acids is 2. The normalized spacial score (nSPS) is 8.11. The predicted molar refractivity (Wildman–Crippen MR) is 38.0 cm³/mol. The van der Waals surface area contributed by atoms with Crippen molar-refractivity contribution in [2.45, 2.75) is 13.3 Å². The lowest BCUT2D eigenvalue weighted by molar-refractivity contribution is -0.109. The zero-order chi connectivity index (χ0) is 7.11. The molecule has 0 unspecified atom stereocenters. The summed E-state index contributed by atoms with van der Waals surface area (Å²) < 4.78 is 0. The highest BCUT2D eigenvalue weighted by molar-refractivity contribution is 8.13. The molecule has 9 heavy (non-hydrogen) atoms. The topological polar surface area (TPSA) is 34.1 Å². The average molecular weight is 144 g/mol. The van der Waals surface area contributed by atoms with Crippen LogP contribution < -0.4 is 0 Å². The quantitative estimate of drug-likeness (QED) is 0.438. The van der Waals surface area contributed by atoms with Gasteiger partial charge >= 0.3 is 0 Å². The molecule has 0 radical (unpaired) electrons.